The van der Waals surface area contributed by atoms with Crippen LogP contribution in [0.2, 0.25) is 0 Å². The molecular formula is C15H17BrN2O2S. The molecule has 0 saturated heterocycles. The number of thiazole rings is 1. The minimum atomic E-state index is -0.361. The van der Waals surface area contributed by atoms with Crippen molar-refractivity contribution >= 4 is 38.3 Å². The fourth-order valence-corrected chi connectivity index (χ4v) is 3.39. The molecule has 0 saturated carbocycles. The van der Waals surface area contributed by atoms with Crippen molar-refractivity contribution in [3.05, 3.63) is 38.8 Å². The van der Waals surface area contributed by atoms with E-state index >= 15 is 0 Å². The fourth-order valence-electron chi connectivity index (χ4n) is 1.98. The number of halogens is 1. The van der Waals surface area contributed by atoms with Gasteiger partial charge in [0.1, 0.15) is 5.75 Å². The monoisotopic (exact) mass is 368 g/mol. The summed E-state index contributed by atoms with van der Waals surface area (Å²) in [6.07, 6.45) is 0.835. The Bertz CT molecular complexity index is 668. The number of nitrogens with zero attached hydrogens (tertiary/aromatic N) is 1. The number of amides is 1. The lowest BCUT2D eigenvalue weighted by Crippen LogP contribution is -2.12. The number of phenolic OH excluding ortho intramolecular Hbond substituents is 1. The van der Waals surface area contributed by atoms with E-state index in [0.717, 1.165) is 16.6 Å². The lowest BCUT2D eigenvalue weighted by atomic mass is 10.1. The molecule has 1 aromatic carbocycles. The van der Waals surface area contributed by atoms with Gasteiger partial charge in [-0.05, 0) is 30.5 Å². The number of hydrogen-bond donors (Lipinski definition) is 2. The third kappa shape index (κ3) is 3.63. The van der Waals surface area contributed by atoms with Crippen molar-refractivity contribution in [2.75, 3.05) is 5.32 Å². The average Bonchev–Trinajstić information content (AvgIpc) is 2.84. The first-order valence-corrected chi connectivity index (χ1v) is 8.32. The minimum Gasteiger partial charge on any atom is -0.507 e. The molecule has 0 bridgehead atoms. The molecule has 2 aromatic rings. The molecule has 4 nitrogen and oxygen atoms in total. The van der Waals surface area contributed by atoms with Gasteiger partial charge in [0.05, 0.1) is 11.3 Å². The van der Waals surface area contributed by atoms with Crippen molar-refractivity contribution in [3.8, 4) is 5.75 Å². The summed E-state index contributed by atoms with van der Waals surface area (Å²) in [4.78, 5) is 17.9. The molecule has 0 spiro atoms. The van der Waals surface area contributed by atoms with Crippen molar-refractivity contribution in [2.24, 2.45) is 0 Å². The summed E-state index contributed by atoms with van der Waals surface area (Å²) in [6.45, 7) is 6.27. The quantitative estimate of drug-likeness (QED) is 0.831. The van der Waals surface area contributed by atoms with Crippen LogP contribution in [0, 0.1) is 0 Å². The summed E-state index contributed by atoms with van der Waals surface area (Å²) in [5.41, 5.74) is 1.24. The maximum absolute atomic E-state index is 12.2. The Kier molecular flexibility index (Phi) is 5.00. The highest BCUT2D eigenvalue weighted by molar-refractivity contribution is 9.10. The second kappa shape index (κ2) is 6.58. The maximum atomic E-state index is 12.2. The van der Waals surface area contributed by atoms with E-state index in [2.05, 4.69) is 40.1 Å². The van der Waals surface area contributed by atoms with Crippen LogP contribution < -0.4 is 5.32 Å². The Balaban J connectivity index is 2.25. The number of aromatic nitrogens is 1. The van der Waals surface area contributed by atoms with E-state index in [4.69, 9.17) is 0 Å². The highest BCUT2D eigenvalue weighted by Gasteiger charge is 2.17. The van der Waals surface area contributed by atoms with Gasteiger partial charge in [-0.15, -0.1) is 11.3 Å². The molecule has 0 unspecified atom stereocenters. The van der Waals surface area contributed by atoms with E-state index in [9.17, 15) is 9.90 Å². The predicted octanol–water partition coefficient (Wildman–Crippen LogP) is 4.55. The van der Waals surface area contributed by atoms with Gasteiger partial charge >= 0.3 is 0 Å². The summed E-state index contributed by atoms with van der Waals surface area (Å²) >= 11 is 4.78. The zero-order valence-corrected chi connectivity index (χ0v) is 14.5. The molecular weight excluding hydrogens is 352 g/mol. The van der Waals surface area contributed by atoms with Crippen LogP contribution in [0.1, 0.15) is 47.6 Å². The van der Waals surface area contributed by atoms with Crippen LogP contribution in [0.25, 0.3) is 0 Å². The van der Waals surface area contributed by atoms with Crippen LogP contribution in [-0.2, 0) is 6.42 Å². The summed E-state index contributed by atoms with van der Waals surface area (Å²) < 4.78 is 0.738. The van der Waals surface area contributed by atoms with Crippen LogP contribution in [0.5, 0.6) is 5.75 Å². The van der Waals surface area contributed by atoms with Crippen molar-refractivity contribution in [3.63, 3.8) is 0 Å². The zero-order valence-electron chi connectivity index (χ0n) is 12.1. The van der Waals surface area contributed by atoms with E-state index in [1.165, 1.54) is 22.3 Å². The third-order valence-corrected chi connectivity index (χ3v) is 4.82. The smallest absolute Gasteiger partial charge is 0.261 e. The van der Waals surface area contributed by atoms with Crippen LogP contribution >= 0.6 is 27.3 Å². The average molecular weight is 369 g/mol. The van der Waals surface area contributed by atoms with Gasteiger partial charge in [0.25, 0.3) is 5.91 Å². The molecule has 1 amide bonds. The van der Waals surface area contributed by atoms with Crippen LogP contribution in [0.4, 0.5) is 5.13 Å². The number of aromatic hydroxyl groups is 1. The molecule has 0 aliphatic rings. The normalized spacial score (nSPS) is 10.9. The molecule has 6 heteroatoms. The minimum absolute atomic E-state index is 0.0490. The number of carbonyl (C=O) groups is 1. The van der Waals surface area contributed by atoms with Gasteiger partial charge in [-0.25, -0.2) is 4.98 Å². The highest BCUT2D eigenvalue weighted by Crippen LogP contribution is 2.31. The molecule has 2 rings (SSSR count). The summed E-state index contributed by atoms with van der Waals surface area (Å²) in [6, 6.07) is 4.75. The highest BCUT2D eigenvalue weighted by atomic mass is 79.9. The standard InChI is InChI=1S/C15H17BrN2O2S/c1-4-11-13(8(2)3)21-15(17-11)18-14(20)10-7-9(16)5-6-12(10)19/h5-8,19H,4H2,1-3H3,(H,17,18,20). The molecule has 21 heavy (non-hydrogen) atoms. The number of anilines is 1. The molecule has 1 aromatic heterocycles. The van der Waals surface area contributed by atoms with Gasteiger partial charge in [-0.1, -0.05) is 36.7 Å². The second-order valence-electron chi connectivity index (χ2n) is 4.95. The Morgan fingerprint density at radius 3 is 2.76 bits per heavy atom. The van der Waals surface area contributed by atoms with Crippen molar-refractivity contribution in [1.29, 1.82) is 0 Å². The topological polar surface area (TPSA) is 62.2 Å². The van der Waals surface area contributed by atoms with E-state index in [0.29, 0.717) is 11.0 Å². The molecule has 0 radical (unpaired) electrons. The number of benzene rings is 1. The molecule has 0 aliphatic heterocycles. The van der Waals surface area contributed by atoms with Gasteiger partial charge in [-0.3, -0.25) is 10.1 Å². The van der Waals surface area contributed by atoms with E-state index < -0.39 is 0 Å². The van der Waals surface area contributed by atoms with E-state index in [1.54, 1.807) is 12.1 Å². The van der Waals surface area contributed by atoms with Gasteiger partial charge in [0, 0.05) is 9.35 Å². The summed E-state index contributed by atoms with van der Waals surface area (Å²) in [5.74, 6) is -0.0325. The molecule has 0 aliphatic carbocycles. The lowest BCUT2D eigenvalue weighted by Gasteiger charge is -2.04. The number of phenols is 1. The Morgan fingerprint density at radius 2 is 2.19 bits per heavy atom. The first kappa shape index (κ1) is 16.0. The Labute approximate surface area is 136 Å². The summed E-state index contributed by atoms with van der Waals surface area (Å²) in [5, 5.41) is 13.1. The zero-order chi connectivity index (χ0) is 15.6. The van der Waals surface area contributed by atoms with Crippen LogP contribution in [-0.4, -0.2) is 16.0 Å². The van der Waals surface area contributed by atoms with Gasteiger partial charge in [0.2, 0.25) is 0 Å². The maximum Gasteiger partial charge on any atom is 0.261 e. The SMILES string of the molecule is CCc1nc(NC(=O)c2cc(Br)ccc2O)sc1C(C)C. The second-order valence-corrected chi connectivity index (χ2v) is 6.90. The fraction of sp³-hybridized carbons (Fsp3) is 0.333. The number of aryl methyl sites for hydroxylation is 1. The van der Waals surface area contributed by atoms with Gasteiger partial charge < -0.3 is 5.11 Å². The summed E-state index contributed by atoms with van der Waals surface area (Å²) in [7, 11) is 0. The van der Waals surface area contributed by atoms with Gasteiger partial charge in [-0.2, -0.15) is 0 Å². The lowest BCUT2D eigenvalue weighted by molar-refractivity contribution is 0.102. The number of nitrogens with one attached hydrogen (secondary N) is 1. The third-order valence-electron chi connectivity index (χ3n) is 3.01. The Morgan fingerprint density at radius 1 is 1.48 bits per heavy atom. The molecule has 0 atom stereocenters. The van der Waals surface area contributed by atoms with Crippen molar-refractivity contribution in [2.45, 2.75) is 33.1 Å². The van der Waals surface area contributed by atoms with Crippen molar-refractivity contribution in [1.82, 2.24) is 4.98 Å². The predicted molar refractivity (Wildman–Crippen MR) is 89.3 cm³/mol. The Hall–Kier alpha value is -1.40. The molecule has 1 heterocycles. The molecule has 0 fully saturated rings. The number of rotatable bonds is 4. The first-order chi connectivity index (χ1) is 9.92. The number of hydrogen-bond acceptors (Lipinski definition) is 4. The van der Waals surface area contributed by atoms with E-state index in [1.807, 2.05) is 6.92 Å². The largest absolute Gasteiger partial charge is 0.507 e. The van der Waals surface area contributed by atoms with Crippen molar-refractivity contribution < 1.29 is 9.90 Å². The van der Waals surface area contributed by atoms with Gasteiger partial charge in [0.15, 0.2) is 5.13 Å². The molecule has 2 N–H and O–H groups in total. The number of carbonyl (C=O) groups excluding carboxylic acids is 1. The van der Waals surface area contributed by atoms with E-state index in [-0.39, 0.29) is 17.2 Å². The molecule has 112 valence electrons. The van der Waals surface area contributed by atoms with Crippen LogP contribution in [0.15, 0.2) is 22.7 Å². The first-order valence-electron chi connectivity index (χ1n) is 6.71. The van der Waals surface area contributed by atoms with Crippen LogP contribution in [0.3, 0.4) is 0 Å².